The standard InChI is InChI=1S/C17H19NO4/c1-2-6-13(17(20)21)11-18-16(19)15-14(9-10-22-15)12-7-4-3-5-8-12/h3-5,7-10,13H,2,6,11H2,1H3,(H,18,19)(H,20,21). The van der Waals surface area contributed by atoms with Gasteiger partial charge in [-0.3, -0.25) is 9.59 Å². The smallest absolute Gasteiger partial charge is 0.308 e. The van der Waals surface area contributed by atoms with Crippen LogP contribution in [0.4, 0.5) is 0 Å². The molecule has 0 spiro atoms. The number of carboxylic acid groups (broad SMARTS) is 1. The molecule has 0 aliphatic rings. The highest BCUT2D eigenvalue weighted by atomic mass is 16.4. The van der Waals surface area contributed by atoms with Crippen molar-refractivity contribution in [2.24, 2.45) is 5.92 Å². The third-order valence-electron chi connectivity index (χ3n) is 3.45. The number of nitrogens with one attached hydrogen (secondary N) is 1. The molecular formula is C17H19NO4. The van der Waals surface area contributed by atoms with Crippen LogP contribution in [-0.2, 0) is 4.79 Å². The maximum absolute atomic E-state index is 12.2. The van der Waals surface area contributed by atoms with E-state index in [0.717, 1.165) is 12.0 Å². The van der Waals surface area contributed by atoms with Crippen LogP contribution in [0.5, 0.6) is 0 Å². The zero-order chi connectivity index (χ0) is 15.9. The molecule has 1 aromatic heterocycles. The lowest BCUT2D eigenvalue weighted by Gasteiger charge is -2.12. The Morgan fingerprint density at radius 1 is 1.23 bits per heavy atom. The number of hydrogen-bond acceptors (Lipinski definition) is 3. The molecule has 0 fully saturated rings. The third-order valence-corrected chi connectivity index (χ3v) is 3.45. The Labute approximate surface area is 129 Å². The minimum atomic E-state index is -0.898. The van der Waals surface area contributed by atoms with Crippen molar-refractivity contribution in [2.75, 3.05) is 6.54 Å². The molecule has 1 aromatic carbocycles. The molecule has 2 rings (SSSR count). The maximum atomic E-state index is 12.2. The van der Waals surface area contributed by atoms with Gasteiger partial charge in [-0.25, -0.2) is 0 Å². The lowest BCUT2D eigenvalue weighted by Crippen LogP contribution is -2.32. The Hall–Kier alpha value is -2.56. The zero-order valence-corrected chi connectivity index (χ0v) is 12.4. The summed E-state index contributed by atoms with van der Waals surface area (Å²) in [5, 5.41) is 11.8. The van der Waals surface area contributed by atoms with Gasteiger partial charge in [0.1, 0.15) is 0 Å². The summed E-state index contributed by atoms with van der Waals surface area (Å²) in [6.45, 7) is 2.01. The molecule has 5 nitrogen and oxygen atoms in total. The van der Waals surface area contributed by atoms with Crippen LogP contribution < -0.4 is 5.32 Å². The molecule has 1 amide bonds. The van der Waals surface area contributed by atoms with Gasteiger partial charge in [-0.2, -0.15) is 0 Å². The van der Waals surface area contributed by atoms with Crippen molar-refractivity contribution in [3.8, 4) is 11.1 Å². The minimum absolute atomic E-state index is 0.0942. The lowest BCUT2D eigenvalue weighted by molar-refractivity contribution is -0.141. The molecule has 1 heterocycles. The van der Waals surface area contributed by atoms with Gasteiger partial charge in [0.2, 0.25) is 0 Å². The van der Waals surface area contributed by atoms with Gasteiger partial charge in [0.05, 0.1) is 12.2 Å². The largest absolute Gasteiger partial charge is 0.481 e. The van der Waals surface area contributed by atoms with Gasteiger partial charge in [-0.05, 0) is 18.1 Å². The first-order valence-corrected chi connectivity index (χ1v) is 7.27. The van der Waals surface area contributed by atoms with Gasteiger partial charge in [0, 0.05) is 12.1 Å². The topological polar surface area (TPSA) is 79.5 Å². The first kappa shape index (κ1) is 15.8. The van der Waals surface area contributed by atoms with Crippen molar-refractivity contribution in [2.45, 2.75) is 19.8 Å². The van der Waals surface area contributed by atoms with E-state index in [0.29, 0.717) is 12.0 Å². The number of rotatable bonds is 7. The summed E-state index contributed by atoms with van der Waals surface area (Å²) in [5.74, 6) is -1.67. The first-order valence-electron chi connectivity index (χ1n) is 7.27. The fourth-order valence-electron chi connectivity index (χ4n) is 2.29. The van der Waals surface area contributed by atoms with Crippen LogP contribution in [0.3, 0.4) is 0 Å². The minimum Gasteiger partial charge on any atom is -0.481 e. The Balaban J connectivity index is 2.08. The van der Waals surface area contributed by atoms with Gasteiger partial charge in [0.25, 0.3) is 5.91 Å². The predicted octanol–water partition coefficient (Wildman–Crippen LogP) is 3.18. The van der Waals surface area contributed by atoms with Crippen LogP contribution in [0.25, 0.3) is 11.1 Å². The Kier molecular flexibility index (Phi) is 5.36. The van der Waals surface area contributed by atoms with E-state index >= 15 is 0 Å². The highest BCUT2D eigenvalue weighted by Gasteiger charge is 2.21. The Morgan fingerprint density at radius 2 is 1.95 bits per heavy atom. The molecule has 0 aliphatic carbocycles. The number of carbonyl (C=O) groups is 2. The Morgan fingerprint density at radius 3 is 2.59 bits per heavy atom. The molecule has 2 N–H and O–H groups in total. The quantitative estimate of drug-likeness (QED) is 0.823. The second kappa shape index (κ2) is 7.45. The van der Waals surface area contributed by atoms with Crippen LogP contribution in [0, 0.1) is 5.92 Å². The number of benzene rings is 1. The van der Waals surface area contributed by atoms with E-state index in [2.05, 4.69) is 5.32 Å². The molecule has 22 heavy (non-hydrogen) atoms. The number of hydrogen-bond donors (Lipinski definition) is 2. The van der Waals surface area contributed by atoms with E-state index in [-0.39, 0.29) is 12.3 Å². The van der Waals surface area contributed by atoms with Crippen molar-refractivity contribution in [3.05, 3.63) is 48.4 Å². The van der Waals surface area contributed by atoms with E-state index in [1.165, 1.54) is 6.26 Å². The van der Waals surface area contributed by atoms with E-state index in [1.54, 1.807) is 6.07 Å². The number of amides is 1. The molecule has 0 bridgehead atoms. The monoisotopic (exact) mass is 301 g/mol. The SMILES string of the molecule is CCCC(CNC(=O)c1occc1-c1ccccc1)C(=O)O. The van der Waals surface area contributed by atoms with Gasteiger partial charge in [0.15, 0.2) is 5.76 Å². The fourth-order valence-corrected chi connectivity index (χ4v) is 2.29. The summed E-state index contributed by atoms with van der Waals surface area (Å²) in [6, 6.07) is 11.2. The molecule has 0 saturated carbocycles. The summed E-state index contributed by atoms with van der Waals surface area (Å²) in [6.07, 6.45) is 2.74. The molecule has 1 atom stereocenters. The average Bonchev–Trinajstić information content (AvgIpc) is 3.01. The number of carboxylic acids is 1. The van der Waals surface area contributed by atoms with Crippen molar-refractivity contribution < 1.29 is 19.1 Å². The van der Waals surface area contributed by atoms with E-state index in [1.807, 2.05) is 37.3 Å². The molecule has 116 valence electrons. The molecule has 0 radical (unpaired) electrons. The third kappa shape index (κ3) is 3.75. The average molecular weight is 301 g/mol. The van der Waals surface area contributed by atoms with Crippen molar-refractivity contribution in [1.82, 2.24) is 5.32 Å². The van der Waals surface area contributed by atoms with E-state index < -0.39 is 17.8 Å². The summed E-state index contributed by atoms with van der Waals surface area (Å²) < 4.78 is 5.27. The number of furan rings is 1. The van der Waals surface area contributed by atoms with Gasteiger partial charge in [-0.1, -0.05) is 43.7 Å². The molecule has 0 saturated heterocycles. The van der Waals surface area contributed by atoms with Crippen LogP contribution in [0.15, 0.2) is 47.1 Å². The van der Waals surface area contributed by atoms with Crippen molar-refractivity contribution >= 4 is 11.9 Å². The molecule has 1 unspecified atom stereocenters. The Bertz CT molecular complexity index is 633. The zero-order valence-electron chi connectivity index (χ0n) is 12.4. The maximum Gasteiger partial charge on any atom is 0.308 e. The summed E-state index contributed by atoms with van der Waals surface area (Å²) in [5.41, 5.74) is 1.57. The van der Waals surface area contributed by atoms with E-state index in [9.17, 15) is 9.59 Å². The summed E-state index contributed by atoms with van der Waals surface area (Å²) in [4.78, 5) is 23.3. The van der Waals surface area contributed by atoms with Gasteiger partial charge >= 0.3 is 5.97 Å². The highest BCUT2D eigenvalue weighted by molar-refractivity contribution is 5.98. The first-order chi connectivity index (χ1) is 10.6. The van der Waals surface area contributed by atoms with Crippen LogP contribution >= 0.6 is 0 Å². The second-order valence-electron chi connectivity index (χ2n) is 5.06. The van der Waals surface area contributed by atoms with Gasteiger partial charge in [-0.15, -0.1) is 0 Å². The fraction of sp³-hybridized carbons (Fsp3) is 0.294. The predicted molar refractivity (Wildman–Crippen MR) is 82.5 cm³/mol. The van der Waals surface area contributed by atoms with Crippen LogP contribution in [0.1, 0.15) is 30.3 Å². The van der Waals surface area contributed by atoms with Crippen molar-refractivity contribution in [1.29, 1.82) is 0 Å². The molecule has 0 aliphatic heterocycles. The molecule has 2 aromatic rings. The molecular weight excluding hydrogens is 282 g/mol. The van der Waals surface area contributed by atoms with Gasteiger partial charge < -0.3 is 14.8 Å². The molecule has 5 heteroatoms. The summed E-state index contributed by atoms with van der Waals surface area (Å²) in [7, 11) is 0. The highest BCUT2D eigenvalue weighted by Crippen LogP contribution is 2.24. The second-order valence-corrected chi connectivity index (χ2v) is 5.06. The number of carbonyl (C=O) groups excluding carboxylic acids is 1. The normalized spacial score (nSPS) is 11.9. The van der Waals surface area contributed by atoms with Crippen LogP contribution in [-0.4, -0.2) is 23.5 Å². The lowest BCUT2D eigenvalue weighted by atomic mass is 10.0. The summed E-state index contributed by atoms with van der Waals surface area (Å²) >= 11 is 0. The van der Waals surface area contributed by atoms with Crippen molar-refractivity contribution in [3.63, 3.8) is 0 Å². The van der Waals surface area contributed by atoms with E-state index in [4.69, 9.17) is 9.52 Å². The number of aliphatic carboxylic acids is 1. The van der Waals surface area contributed by atoms with Crippen LogP contribution in [0.2, 0.25) is 0 Å².